The summed E-state index contributed by atoms with van der Waals surface area (Å²) in [5, 5.41) is 4.31. The summed E-state index contributed by atoms with van der Waals surface area (Å²) in [4.78, 5) is 11.9. The van der Waals surface area contributed by atoms with Gasteiger partial charge in [0.1, 0.15) is 5.75 Å². The van der Waals surface area contributed by atoms with Crippen LogP contribution in [0.1, 0.15) is 51.2 Å². The maximum absolute atomic E-state index is 11.9. The number of carbonyl (C=O) groups excluding carboxylic acids is 1. The highest BCUT2D eigenvalue weighted by atomic mass is 16.5. The highest BCUT2D eigenvalue weighted by molar-refractivity contribution is 5.87. The predicted molar refractivity (Wildman–Crippen MR) is 93.8 cm³/mol. The van der Waals surface area contributed by atoms with Crippen LogP contribution in [0.4, 0.5) is 0 Å². The summed E-state index contributed by atoms with van der Waals surface area (Å²) in [7, 11) is 0. The van der Waals surface area contributed by atoms with E-state index in [2.05, 4.69) is 37.4 Å². The zero-order valence-electron chi connectivity index (χ0n) is 14.9. The standard InChI is InChI=1S/C19H28N2O2/c1-13-6-14(2)9-17(8-13)23-12-18(22)21-20-16-7-15(3)10-19(4,5)11-16/h6,8-9,15H,7,10-12H2,1-5H3,(H,21,22). The average Bonchev–Trinajstić information content (AvgIpc) is 2.39. The van der Waals surface area contributed by atoms with Gasteiger partial charge in [0, 0.05) is 5.71 Å². The largest absolute Gasteiger partial charge is 0.484 e. The Hall–Kier alpha value is -1.84. The molecular formula is C19H28N2O2. The minimum absolute atomic E-state index is 0.0153. The molecule has 0 heterocycles. The molecule has 2 rings (SSSR count). The second kappa shape index (κ2) is 7.16. The second-order valence-corrected chi connectivity index (χ2v) is 7.68. The van der Waals surface area contributed by atoms with Gasteiger partial charge in [-0.1, -0.05) is 26.8 Å². The van der Waals surface area contributed by atoms with Gasteiger partial charge in [0.25, 0.3) is 5.91 Å². The Balaban J connectivity index is 1.86. The summed E-state index contributed by atoms with van der Waals surface area (Å²) >= 11 is 0. The van der Waals surface area contributed by atoms with Crippen LogP contribution in [0, 0.1) is 25.2 Å². The molecule has 1 aromatic rings. The van der Waals surface area contributed by atoms with E-state index in [0.717, 1.165) is 35.4 Å². The summed E-state index contributed by atoms with van der Waals surface area (Å²) in [6.45, 7) is 10.8. The van der Waals surface area contributed by atoms with Crippen molar-refractivity contribution >= 4 is 11.6 Å². The zero-order valence-corrected chi connectivity index (χ0v) is 14.9. The SMILES string of the molecule is Cc1cc(C)cc(OCC(=O)NN=C2CC(C)CC(C)(C)C2)c1. The van der Waals surface area contributed by atoms with Crippen molar-refractivity contribution in [1.82, 2.24) is 5.43 Å². The molecule has 1 aliphatic rings. The van der Waals surface area contributed by atoms with E-state index >= 15 is 0 Å². The maximum Gasteiger partial charge on any atom is 0.277 e. The Bertz CT molecular complexity index is 585. The normalized spacial score (nSPS) is 22.0. The molecule has 4 nitrogen and oxygen atoms in total. The lowest BCUT2D eigenvalue weighted by atomic mass is 9.72. The van der Waals surface area contributed by atoms with E-state index < -0.39 is 0 Å². The molecule has 1 fully saturated rings. The van der Waals surface area contributed by atoms with E-state index in [0.29, 0.717) is 5.92 Å². The van der Waals surface area contributed by atoms with Gasteiger partial charge in [-0.25, -0.2) is 5.43 Å². The van der Waals surface area contributed by atoms with E-state index in [1.807, 2.05) is 26.0 Å². The molecule has 0 spiro atoms. The van der Waals surface area contributed by atoms with Crippen molar-refractivity contribution in [2.24, 2.45) is 16.4 Å². The van der Waals surface area contributed by atoms with Crippen molar-refractivity contribution in [3.8, 4) is 5.75 Å². The molecule has 0 saturated heterocycles. The Labute approximate surface area is 139 Å². The molecule has 1 amide bonds. The fourth-order valence-corrected chi connectivity index (χ4v) is 3.54. The number of hydrogen-bond acceptors (Lipinski definition) is 3. The average molecular weight is 316 g/mol. The van der Waals surface area contributed by atoms with Gasteiger partial charge in [0.15, 0.2) is 6.61 Å². The van der Waals surface area contributed by atoms with Gasteiger partial charge >= 0.3 is 0 Å². The summed E-state index contributed by atoms with van der Waals surface area (Å²) < 4.78 is 5.55. The van der Waals surface area contributed by atoms with Crippen LogP contribution < -0.4 is 10.2 Å². The van der Waals surface area contributed by atoms with Crippen molar-refractivity contribution in [2.75, 3.05) is 6.61 Å². The highest BCUT2D eigenvalue weighted by Crippen LogP contribution is 2.36. The highest BCUT2D eigenvalue weighted by Gasteiger charge is 2.29. The number of carbonyl (C=O) groups is 1. The van der Waals surface area contributed by atoms with Crippen LogP contribution in [0.5, 0.6) is 5.75 Å². The van der Waals surface area contributed by atoms with Gasteiger partial charge in [0.05, 0.1) is 0 Å². The summed E-state index contributed by atoms with van der Waals surface area (Å²) in [6, 6.07) is 5.93. The minimum atomic E-state index is -0.215. The summed E-state index contributed by atoms with van der Waals surface area (Å²) in [5.41, 5.74) is 6.22. The molecule has 1 aliphatic carbocycles. The fourth-order valence-electron chi connectivity index (χ4n) is 3.54. The lowest BCUT2D eigenvalue weighted by Gasteiger charge is -2.34. The molecule has 0 aromatic heterocycles. The van der Waals surface area contributed by atoms with Crippen molar-refractivity contribution in [3.63, 3.8) is 0 Å². The quantitative estimate of drug-likeness (QED) is 0.854. The van der Waals surface area contributed by atoms with Crippen LogP contribution >= 0.6 is 0 Å². The fraction of sp³-hybridized carbons (Fsp3) is 0.579. The molecule has 1 atom stereocenters. The molecule has 0 aliphatic heterocycles. The molecule has 1 unspecified atom stereocenters. The van der Waals surface area contributed by atoms with Crippen LogP contribution in [-0.2, 0) is 4.79 Å². The first-order valence-corrected chi connectivity index (χ1v) is 8.29. The molecule has 1 saturated carbocycles. The molecule has 23 heavy (non-hydrogen) atoms. The summed E-state index contributed by atoms with van der Waals surface area (Å²) in [6.07, 6.45) is 3.10. The lowest BCUT2D eigenvalue weighted by Crippen LogP contribution is -2.31. The van der Waals surface area contributed by atoms with E-state index in [4.69, 9.17) is 4.74 Å². The number of ether oxygens (including phenoxy) is 1. The topological polar surface area (TPSA) is 50.7 Å². The van der Waals surface area contributed by atoms with Crippen LogP contribution in [-0.4, -0.2) is 18.2 Å². The third-order valence-corrected chi connectivity index (χ3v) is 4.07. The number of aryl methyl sites for hydroxylation is 2. The van der Waals surface area contributed by atoms with Gasteiger partial charge < -0.3 is 4.74 Å². The van der Waals surface area contributed by atoms with Crippen molar-refractivity contribution < 1.29 is 9.53 Å². The van der Waals surface area contributed by atoms with E-state index in [9.17, 15) is 4.79 Å². The molecule has 4 heteroatoms. The van der Waals surface area contributed by atoms with E-state index in [1.54, 1.807) is 0 Å². The summed E-state index contributed by atoms with van der Waals surface area (Å²) in [5.74, 6) is 1.12. The first-order chi connectivity index (χ1) is 10.7. The van der Waals surface area contributed by atoms with Crippen LogP contribution in [0.2, 0.25) is 0 Å². The van der Waals surface area contributed by atoms with Gasteiger partial charge in [0.2, 0.25) is 0 Å². The zero-order chi connectivity index (χ0) is 17.0. The number of hydrazone groups is 1. The molecule has 0 radical (unpaired) electrons. The van der Waals surface area contributed by atoms with Gasteiger partial charge in [-0.3, -0.25) is 4.79 Å². The van der Waals surface area contributed by atoms with Gasteiger partial charge in [-0.05, 0) is 67.7 Å². The first kappa shape index (κ1) is 17.5. The third-order valence-electron chi connectivity index (χ3n) is 4.07. The third kappa shape index (κ3) is 5.70. The van der Waals surface area contributed by atoms with E-state index in [1.165, 1.54) is 6.42 Å². The minimum Gasteiger partial charge on any atom is -0.484 e. The number of nitrogens with one attached hydrogen (secondary N) is 1. The van der Waals surface area contributed by atoms with Gasteiger partial charge in [-0.15, -0.1) is 0 Å². The Morgan fingerprint density at radius 2 is 1.96 bits per heavy atom. The number of benzene rings is 1. The first-order valence-electron chi connectivity index (χ1n) is 8.29. The van der Waals surface area contributed by atoms with Crippen molar-refractivity contribution in [1.29, 1.82) is 0 Å². The predicted octanol–water partition coefficient (Wildman–Crippen LogP) is 4.00. The number of hydrogen-bond donors (Lipinski definition) is 1. The molecule has 1 aromatic carbocycles. The number of amides is 1. The lowest BCUT2D eigenvalue weighted by molar-refractivity contribution is -0.123. The molecular weight excluding hydrogens is 288 g/mol. The Morgan fingerprint density at radius 1 is 1.30 bits per heavy atom. The van der Waals surface area contributed by atoms with Crippen LogP contribution in [0.3, 0.4) is 0 Å². The monoisotopic (exact) mass is 316 g/mol. The Morgan fingerprint density at radius 3 is 2.57 bits per heavy atom. The smallest absolute Gasteiger partial charge is 0.277 e. The molecule has 1 N–H and O–H groups in total. The van der Waals surface area contributed by atoms with Gasteiger partial charge in [-0.2, -0.15) is 5.10 Å². The second-order valence-electron chi connectivity index (χ2n) is 7.68. The number of nitrogens with zero attached hydrogens (tertiary/aromatic N) is 1. The van der Waals surface area contributed by atoms with Crippen molar-refractivity contribution in [2.45, 2.75) is 53.9 Å². The molecule has 0 bridgehead atoms. The van der Waals surface area contributed by atoms with Crippen LogP contribution in [0.15, 0.2) is 23.3 Å². The van der Waals surface area contributed by atoms with Crippen LogP contribution in [0.25, 0.3) is 0 Å². The van der Waals surface area contributed by atoms with E-state index in [-0.39, 0.29) is 17.9 Å². The molecule has 126 valence electrons. The Kier molecular flexibility index (Phi) is 5.45. The maximum atomic E-state index is 11.9. The van der Waals surface area contributed by atoms with Crippen molar-refractivity contribution in [3.05, 3.63) is 29.3 Å². The number of rotatable bonds is 4.